The minimum Gasteiger partial charge on any atom is -0.482 e. The number of esters is 1. The molecule has 4 heteroatoms. The fourth-order valence-electron chi connectivity index (χ4n) is 1.54. The number of benzene rings is 1. The van der Waals surface area contributed by atoms with Gasteiger partial charge in [-0.2, -0.15) is 0 Å². The molecular formula is C15H22O4. The summed E-state index contributed by atoms with van der Waals surface area (Å²) in [5.41, 5.74) is 1.27. The van der Waals surface area contributed by atoms with E-state index in [0.29, 0.717) is 11.7 Å². The summed E-state index contributed by atoms with van der Waals surface area (Å²) in [4.78, 5) is 11.4. The molecule has 1 aromatic carbocycles. The largest absolute Gasteiger partial charge is 0.482 e. The van der Waals surface area contributed by atoms with Crippen LogP contribution in [0.3, 0.4) is 0 Å². The lowest BCUT2D eigenvalue weighted by Gasteiger charge is -2.12. The van der Waals surface area contributed by atoms with Crippen LogP contribution >= 0.6 is 0 Å². The predicted octanol–water partition coefficient (Wildman–Crippen LogP) is 3.11. The molecule has 19 heavy (non-hydrogen) atoms. The number of carbonyl (C=O) groups is 1. The second kappa shape index (κ2) is 7.79. The molecule has 0 aromatic heterocycles. The Morgan fingerprint density at radius 3 is 2.37 bits per heavy atom. The molecule has 0 heterocycles. The molecule has 0 bridgehead atoms. The molecule has 0 N–H and O–H groups in total. The number of hydrogen-bond acceptors (Lipinski definition) is 4. The minimum absolute atomic E-state index is 0.115. The highest BCUT2D eigenvalue weighted by Crippen LogP contribution is 2.21. The van der Waals surface area contributed by atoms with E-state index in [-0.39, 0.29) is 6.61 Å². The van der Waals surface area contributed by atoms with Gasteiger partial charge in [0, 0.05) is 7.11 Å². The molecule has 0 amide bonds. The van der Waals surface area contributed by atoms with Crippen molar-refractivity contribution in [2.24, 2.45) is 0 Å². The van der Waals surface area contributed by atoms with Gasteiger partial charge in [-0.1, -0.05) is 26.0 Å². The fraction of sp³-hybridized carbons (Fsp3) is 0.533. The van der Waals surface area contributed by atoms with Crippen LogP contribution in [-0.4, -0.2) is 26.0 Å². The second-order valence-electron chi connectivity index (χ2n) is 4.46. The maximum atomic E-state index is 11.4. The van der Waals surface area contributed by atoms with Crippen molar-refractivity contribution in [3.63, 3.8) is 0 Å². The summed E-state index contributed by atoms with van der Waals surface area (Å²) in [7, 11) is 1.48. The van der Waals surface area contributed by atoms with Crippen molar-refractivity contribution >= 4 is 5.97 Å². The molecule has 1 aromatic rings. The molecule has 0 aliphatic carbocycles. The Bertz CT molecular complexity index is 386. The van der Waals surface area contributed by atoms with Gasteiger partial charge in [-0.3, -0.25) is 0 Å². The van der Waals surface area contributed by atoms with Crippen LogP contribution in [-0.2, 0) is 14.3 Å². The van der Waals surface area contributed by atoms with Gasteiger partial charge in [0.1, 0.15) is 5.75 Å². The predicted molar refractivity (Wildman–Crippen MR) is 73.2 cm³/mol. The minimum atomic E-state index is -0.552. The lowest BCUT2D eigenvalue weighted by Crippen LogP contribution is -2.21. The van der Waals surface area contributed by atoms with E-state index in [4.69, 9.17) is 14.2 Å². The summed E-state index contributed by atoms with van der Waals surface area (Å²) < 4.78 is 15.1. The van der Waals surface area contributed by atoms with Gasteiger partial charge in [0.05, 0.1) is 0 Å². The van der Waals surface area contributed by atoms with E-state index in [1.54, 1.807) is 6.92 Å². The summed E-state index contributed by atoms with van der Waals surface area (Å²) in [6.07, 6.45) is 0.547. The van der Waals surface area contributed by atoms with Gasteiger partial charge in [0.25, 0.3) is 0 Å². The average Bonchev–Trinajstić information content (AvgIpc) is 2.44. The van der Waals surface area contributed by atoms with Gasteiger partial charge < -0.3 is 14.2 Å². The summed E-state index contributed by atoms with van der Waals surface area (Å²) in [6.45, 7) is 5.87. The molecule has 0 fully saturated rings. The topological polar surface area (TPSA) is 44.8 Å². The number of hydrogen-bond donors (Lipinski definition) is 0. The standard InChI is InChI=1S/C15H22O4/c1-5-11(2)13-6-8-14(9-7-13)18-10-15(16)19-12(3)17-4/h6-9,11-12H,5,10H2,1-4H3. The Balaban J connectivity index is 2.43. The highest BCUT2D eigenvalue weighted by Gasteiger charge is 2.09. The van der Waals surface area contributed by atoms with Crippen molar-refractivity contribution in [2.75, 3.05) is 13.7 Å². The van der Waals surface area contributed by atoms with Crippen LogP contribution in [0.4, 0.5) is 0 Å². The molecule has 0 aliphatic rings. The van der Waals surface area contributed by atoms with E-state index in [9.17, 15) is 4.79 Å². The summed E-state index contributed by atoms with van der Waals surface area (Å²) >= 11 is 0. The van der Waals surface area contributed by atoms with Crippen LogP contribution in [0.5, 0.6) is 5.75 Å². The summed E-state index contributed by atoms with van der Waals surface area (Å²) in [5.74, 6) is 0.746. The van der Waals surface area contributed by atoms with Crippen molar-refractivity contribution in [1.29, 1.82) is 0 Å². The number of carbonyl (C=O) groups excluding carboxylic acids is 1. The molecule has 4 nitrogen and oxygen atoms in total. The second-order valence-corrected chi connectivity index (χ2v) is 4.46. The van der Waals surface area contributed by atoms with Crippen LogP contribution in [0.15, 0.2) is 24.3 Å². The van der Waals surface area contributed by atoms with Crippen LogP contribution in [0.1, 0.15) is 38.7 Å². The molecule has 1 rings (SSSR count). The Kier molecular flexibility index (Phi) is 6.36. The van der Waals surface area contributed by atoms with Crippen molar-refractivity contribution in [3.8, 4) is 5.75 Å². The highest BCUT2D eigenvalue weighted by atomic mass is 16.7. The maximum Gasteiger partial charge on any atom is 0.346 e. The zero-order valence-corrected chi connectivity index (χ0v) is 12.0. The smallest absolute Gasteiger partial charge is 0.346 e. The first-order valence-corrected chi connectivity index (χ1v) is 6.51. The van der Waals surface area contributed by atoms with E-state index in [1.807, 2.05) is 24.3 Å². The van der Waals surface area contributed by atoms with E-state index in [0.717, 1.165) is 6.42 Å². The number of methoxy groups -OCH3 is 1. The third-order valence-corrected chi connectivity index (χ3v) is 3.05. The van der Waals surface area contributed by atoms with Gasteiger partial charge >= 0.3 is 5.97 Å². The maximum absolute atomic E-state index is 11.4. The molecule has 0 saturated carbocycles. The lowest BCUT2D eigenvalue weighted by atomic mass is 9.99. The fourth-order valence-corrected chi connectivity index (χ4v) is 1.54. The van der Waals surface area contributed by atoms with Gasteiger partial charge in [0.15, 0.2) is 12.9 Å². The van der Waals surface area contributed by atoms with Crippen molar-refractivity contribution in [3.05, 3.63) is 29.8 Å². The Morgan fingerprint density at radius 1 is 1.21 bits per heavy atom. The summed E-state index contributed by atoms with van der Waals surface area (Å²) in [6, 6.07) is 7.78. The molecular weight excluding hydrogens is 244 g/mol. The van der Waals surface area contributed by atoms with Gasteiger partial charge in [-0.05, 0) is 37.0 Å². The normalized spacial score (nSPS) is 13.7. The zero-order chi connectivity index (χ0) is 14.3. The van der Waals surface area contributed by atoms with Crippen LogP contribution < -0.4 is 4.74 Å². The zero-order valence-electron chi connectivity index (χ0n) is 12.0. The van der Waals surface area contributed by atoms with Gasteiger partial charge in [-0.25, -0.2) is 4.79 Å². The first-order chi connectivity index (χ1) is 9.06. The first kappa shape index (κ1) is 15.5. The van der Waals surface area contributed by atoms with Gasteiger partial charge in [-0.15, -0.1) is 0 Å². The molecule has 0 spiro atoms. The van der Waals surface area contributed by atoms with E-state index in [1.165, 1.54) is 12.7 Å². The van der Waals surface area contributed by atoms with Gasteiger partial charge in [0.2, 0.25) is 0 Å². The average molecular weight is 266 g/mol. The Labute approximate surface area is 114 Å². The van der Waals surface area contributed by atoms with Crippen molar-refractivity contribution in [1.82, 2.24) is 0 Å². The first-order valence-electron chi connectivity index (χ1n) is 6.51. The van der Waals surface area contributed by atoms with Crippen LogP contribution in [0.25, 0.3) is 0 Å². The molecule has 106 valence electrons. The Morgan fingerprint density at radius 2 is 1.84 bits per heavy atom. The van der Waals surface area contributed by atoms with Crippen molar-refractivity contribution < 1.29 is 19.0 Å². The SMILES string of the molecule is CCC(C)c1ccc(OCC(=O)OC(C)OC)cc1. The molecule has 0 radical (unpaired) electrons. The number of ether oxygens (including phenoxy) is 3. The highest BCUT2D eigenvalue weighted by molar-refractivity contribution is 5.71. The van der Waals surface area contributed by atoms with Crippen LogP contribution in [0, 0.1) is 0 Å². The molecule has 0 saturated heterocycles. The monoisotopic (exact) mass is 266 g/mol. The third kappa shape index (κ3) is 5.30. The van der Waals surface area contributed by atoms with E-state index < -0.39 is 12.3 Å². The molecule has 0 aliphatic heterocycles. The summed E-state index contributed by atoms with van der Waals surface area (Å²) in [5, 5.41) is 0. The lowest BCUT2D eigenvalue weighted by molar-refractivity contribution is -0.172. The quantitative estimate of drug-likeness (QED) is 0.562. The third-order valence-electron chi connectivity index (χ3n) is 3.05. The molecule has 2 atom stereocenters. The Hall–Kier alpha value is -1.55. The van der Waals surface area contributed by atoms with Crippen molar-refractivity contribution in [2.45, 2.75) is 39.4 Å². The number of rotatable bonds is 7. The van der Waals surface area contributed by atoms with E-state index in [2.05, 4.69) is 13.8 Å². The molecule has 2 unspecified atom stereocenters. The van der Waals surface area contributed by atoms with Crippen LogP contribution in [0.2, 0.25) is 0 Å². The van der Waals surface area contributed by atoms with E-state index >= 15 is 0 Å².